The molecule has 0 aliphatic carbocycles. The van der Waals surface area contributed by atoms with Crippen LogP contribution >= 0.6 is 22.9 Å². The highest BCUT2D eigenvalue weighted by Crippen LogP contribution is 2.40. The monoisotopic (exact) mass is 295 g/mol. The number of nitrogens with one attached hydrogen (secondary N) is 1. The van der Waals surface area contributed by atoms with Crippen LogP contribution < -0.4 is 14.8 Å². The number of ether oxygens (including phenoxy) is 2. The van der Waals surface area contributed by atoms with Gasteiger partial charge in [-0.15, -0.1) is 11.3 Å². The molecule has 0 saturated carbocycles. The van der Waals surface area contributed by atoms with Crippen molar-refractivity contribution in [1.82, 2.24) is 0 Å². The Labute approximate surface area is 121 Å². The highest BCUT2D eigenvalue weighted by molar-refractivity contribution is 7.10. The van der Waals surface area contributed by atoms with Gasteiger partial charge in [0.1, 0.15) is 0 Å². The molecule has 0 spiro atoms. The first kappa shape index (κ1) is 12.6. The Balaban J connectivity index is 1.70. The topological polar surface area (TPSA) is 30.5 Å². The number of anilines is 1. The minimum atomic E-state index is -0.581. The van der Waals surface area contributed by atoms with Crippen molar-refractivity contribution in [3.63, 3.8) is 0 Å². The summed E-state index contributed by atoms with van der Waals surface area (Å²) in [6, 6.07) is 7.83. The summed E-state index contributed by atoms with van der Waals surface area (Å²) in [5.41, 5.74) is 1.00. The van der Waals surface area contributed by atoms with E-state index >= 15 is 0 Å². The zero-order valence-corrected chi connectivity index (χ0v) is 12.3. The lowest BCUT2D eigenvalue weighted by molar-refractivity contribution is -0.0431. The Kier molecular flexibility index (Phi) is 3.07. The summed E-state index contributed by atoms with van der Waals surface area (Å²) in [7, 11) is 0. The Morgan fingerprint density at radius 2 is 2.00 bits per heavy atom. The van der Waals surface area contributed by atoms with Crippen LogP contribution in [0.25, 0.3) is 0 Å². The van der Waals surface area contributed by atoms with Crippen LogP contribution in [0.15, 0.2) is 29.6 Å². The molecule has 3 nitrogen and oxygen atoms in total. The van der Waals surface area contributed by atoms with E-state index in [0.29, 0.717) is 0 Å². The molecule has 0 amide bonds. The SMILES string of the molecule is CC1(C)Oc2ccc(NCc3cc(Cl)cs3)cc2O1. The second kappa shape index (κ2) is 4.62. The van der Waals surface area contributed by atoms with Gasteiger partial charge >= 0.3 is 0 Å². The van der Waals surface area contributed by atoms with Crippen molar-refractivity contribution in [2.24, 2.45) is 0 Å². The summed E-state index contributed by atoms with van der Waals surface area (Å²) in [5, 5.41) is 6.07. The summed E-state index contributed by atoms with van der Waals surface area (Å²) < 4.78 is 11.4. The van der Waals surface area contributed by atoms with Gasteiger partial charge in [0.2, 0.25) is 5.79 Å². The second-order valence-electron chi connectivity index (χ2n) is 4.85. The molecule has 0 atom stereocenters. The first-order chi connectivity index (χ1) is 9.02. The second-order valence-corrected chi connectivity index (χ2v) is 6.28. The fourth-order valence-electron chi connectivity index (χ4n) is 1.97. The third-order valence-corrected chi connectivity index (χ3v) is 4.03. The van der Waals surface area contributed by atoms with Gasteiger partial charge in [0.25, 0.3) is 0 Å². The maximum Gasteiger partial charge on any atom is 0.246 e. The molecule has 0 saturated heterocycles. The van der Waals surface area contributed by atoms with Crippen molar-refractivity contribution in [3.8, 4) is 11.5 Å². The van der Waals surface area contributed by atoms with E-state index in [1.807, 2.05) is 43.5 Å². The Morgan fingerprint density at radius 3 is 2.74 bits per heavy atom. The minimum absolute atomic E-state index is 0.581. The van der Waals surface area contributed by atoms with Crippen LogP contribution in [-0.2, 0) is 6.54 Å². The van der Waals surface area contributed by atoms with Crippen molar-refractivity contribution in [2.45, 2.75) is 26.2 Å². The molecule has 1 aliphatic rings. The van der Waals surface area contributed by atoms with Gasteiger partial charge < -0.3 is 14.8 Å². The average molecular weight is 296 g/mol. The highest BCUT2D eigenvalue weighted by atomic mass is 35.5. The molecule has 19 heavy (non-hydrogen) atoms. The number of hydrogen-bond donors (Lipinski definition) is 1. The summed E-state index contributed by atoms with van der Waals surface area (Å²) in [5.74, 6) is 0.983. The molecule has 2 heterocycles. The molecule has 1 aliphatic heterocycles. The third kappa shape index (κ3) is 2.80. The lowest BCUT2D eigenvalue weighted by Gasteiger charge is -2.16. The van der Waals surface area contributed by atoms with Gasteiger partial charge in [-0.1, -0.05) is 11.6 Å². The van der Waals surface area contributed by atoms with E-state index in [1.54, 1.807) is 11.3 Å². The number of hydrogen-bond acceptors (Lipinski definition) is 4. The molecule has 0 fully saturated rings. The number of fused-ring (bicyclic) bond motifs is 1. The van der Waals surface area contributed by atoms with Crippen molar-refractivity contribution in [3.05, 3.63) is 39.5 Å². The predicted molar refractivity (Wildman–Crippen MR) is 78.4 cm³/mol. The van der Waals surface area contributed by atoms with E-state index in [9.17, 15) is 0 Å². The van der Waals surface area contributed by atoms with Crippen LogP contribution in [0.5, 0.6) is 11.5 Å². The van der Waals surface area contributed by atoms with Crippen LogP contribution in [0.1, 0.15) is 18.7 Å². The van der Waals surface area contributed by atoms with E-state index < -0.39 is 5.79 Å². The highest BCUT2D eigenvalue weighted by Gasteiger charge is 2.31. The van der Waals surface area contributed by atoms with Crippen molar-refractivity contribution in [2.75, 3.05) is 5.32 Å². The summed E-state index contributed by atoms with van der Waals surface area (Å²) in [4.78, 5) is 1.20. The Bertz CT molecular complexity index is 609. The third-order valence-electron chi connectivity index (χ3n) is 2.74. The summed E-state index contributed by atoms with van der Waals surface area (Å²) >= 11 is 7.54. The lowest BCUT2D eigenvalue weighted by atomic mass is 10.3. The van der Waals surface area contributed by atoms with Gasteiger partial charge in [-0.05, 0) is 18.2 Å². The van der Waals surface area contributed by atoms with Crippen molar-refractivity contribution >= 4 is 28.6 Å². The number of benzene rings is 1. The molecule has 1 aromatic heterocycles. The summed E-state index contributed by atoms with van der Waals surface area (Å²) in [6.07, 6.45) is 0. The van der Waals surface area contributed by atoms with E-state index in [1.165, 1.54) is 4.88 Å². The van der Waals surface area contributed by atoms with Crippen LogP contribution in [0.4, 0.5) is 5.69 Å². The molecule has 1 N–H and O–H groups in total. The van der Waals surface area contributed by atoms with E-state index in [4.69, 9.17) is 21.1 Å². The predicted octanol–water partition coefficient (Wildman–Crippen LogP) is 4.52. The molecule has 100 valence electrons. The van der Waals surface area contributed by atoms with Crippen molar-refractivity contribution < 1.29 is 9.47 Å². The smallest absolute Gasteiger partial charge is 0.246 e. The fraction of sp³-hybridized carbons (Fsp3) is 0.286. The standard InChI is InChI=1S/C14H14ClNO2S/c1-14(2)17-12-4-3-10(6-13(12)18-14)16-7-11-5-9(15)8-19-11/h3-6,8,16H,7H2,1-2H3. The lowest BCUT2D eigenvalue weighted by Crippen LogP contribution is -2.29. The molecule has 0 unspecified atom stereocenters. The van der Waals surface area contributed by atoms with E-state index in [0.717, 1.165) is 28.8 Å². The molecular weight excluding hydrogens is 282 g/mol. The summed E-state index contributed by atoms with van der Waals surface area (Å²) in [6.45, 7) is 4.54. The minimum Gasteiger partial charge on any atom is -0.449 e. The van der Waals surface area contributed by atoms with Crippen LogP contribution in [-0.4, -0.2) is 5.79 Å². The van der Waals surface area contributed by atoms with Gasteiger partial charge in [0.05, 0.1) is 5.02 Å². The quantitative estimate of drug-likeness (QED) is 0.903. The molecular formula is C14H14ClNO2S. The molecule has 5 heteroatoms. The van der Waals surface area contributed by atoms with Gasteiger partial charge in [0, 0.05) is 42.4 Å². The first-order valence-corrected chi connectivity index (χ1v) is 7.26. The first-order valence-electron chi connectivity index (χ1n) is 6.01. The molecule has 1 aromatic carbocycles. The number of halogens is 1. The van der Waals surface area contributed by atoms with Crippen LogP contribution in [0.2, 0.25) is 5.02 Å². The zero-order valence-electron chi connectivity index (χ0n) is 10.7. The zero-order chi connectivity index (χ0) is 13.5. The van der Waals surface area contributed by atoms with Crippen molar-refractivity contribution in [1.29, 1.82) is 0 Å². The van der Waals surface area contributed by atoms with Gasteiger partial charge in [-0.3, -0.25) is 0 Å². The maximum absolute atomic E-state index is 5.90. The Morgan fingerprint density at radius 1 is 1.21 bits per heavy atom. The molecule has 3 rings (SSSR count). The Hall–Kier alpha value is -1.39. The average Bonchev–Trinajstić information content (AvgIpc) is 2.87. The van der Waals surface area contributed by atoms with Gasteiger partial charge in [0.15, 0.2) is 11.5 Å². The fourth-order valence-corrected chi connectivity index (χ4v) is 2.98. The van der Waals surface area contributed by atoms with Gasteiger partial charge in [-0.2, -0.15) is 0 Å². The molecule has 0 radical (unpaired) electrons. The van der Waals surface area contributed by atoms with E-state index in [-0.39, 0.29) is 0 Å². The van der Waals surface area contributed by atoms with E-state index in [2.05, 4.69) is 5.32 Å². The maximum atomic E-state index is 5.90. The van der Waals surface area contributed by atoms with Crippen LogP contribution in [0, 0.1) is 0 Å². The van der Waals surface area contributed by atoms with Gasteiger partial charge in [-0.25, -0.2) is 0 Å². The molecule has 0 bridgehead atoms. The molecule has 2 aromatic rings. The number of thiophene rings is 1. The number of rotatable bonds is 3. The van der Waals surface area contributed by atoms with Crippen LogP contribution in [0.3, 0.4) is 0 Å². The largest absolute Gasteiger partial charge is 0.449 e. The normalized spacial score (nSPS) is 15.5.